The van der Waals surface area contributed by atoms with Gasteiger partial charge in [0.1, 0.15) is 0 Å². The highest BCUT2D eigenvalue weighted by Gasteiger charge is 2.47. The molecule has 0 amide bonds. The zero-order valence-corrected chi connectivity index (χ0v) is 56.1. The van der Waals surface area contributed by atoms with E-state index in [0.29, 0.717) is 0 Å². The summed E-state index contributed by atoms with van der Waals surface area (Å²) in [6.07, 6.45) is 0. The third-order valence-electron chi connectivity index (χ3n) is 20.7. The quantitative estimate of drug-likeness (QED) is 0.116. The van der Waals surface area contributed by atoms with E-state index < -0.39 is 0 Å². The van der Waals surface area contributed by atoms with E-state index in [1.54, 1.807) is 0 Å². The van der Waals surface area contributed by atoms with E-state index in [1.165, 1.54) is 164 Å². The SMILES string of the molecule is CC(C)(C)c1ccc(N2c3cc(-n4c5ccccc5c5ccccc54)cc4c3B(c3cc(-c5cc(-c6ccccc6)cc(-c6ccccc6)c5)ccc3N4c3ccc(C(C)(C)C)cc3-c3cc4ccc5cccc6ccc(c3)c4c56)c3sc4ccc(C(C)(C)C)cc4c32)cc1. The molecule has 0 atom stereocenters. The first kappa shape index (κ1) is 57.2. The predicted octanol–water partition coefficient (Wildman–Crippen LogP) is 23.5. The van der Waals surface area contributed by atoms with Crippen molar-refractivity contribution in [3.63, 3.8) is 0 Å². The molecule has 5 heteroatoms. The molecule has 2 aliphatic heterocycles. The maximum Gasteiger partial charge on any atom is 0.264 e. The zero-order chi connectivity index (χ0) is 64.4. The molecule has 0 unspecified atom stereocenters. The van der Waals surface area contributed by atoms with Crippen molar-refractivity contribution in [1.82, 2.24) is 4.57 Å². The molecule has 0 spiro atoms. The van der Waals surface area contributed by atoms with Crippen LogP contribution in [0.1, 0.15) is 79.0 Å². The lowest BCUT2D eigenvalue weighted by molar-refractivity contribution is 0.590. The van der Waals surface area contributed by atoms with E-state index in [4.69, 9.17) is 0 Å². The number of thiophene rings is 1. The summed E-state index contributed by atoms with van der Waals surface area (Å²) in [5, 5.41) is 11.4. The second-order valence-corrected chi connectivity index (χ2v) is 30.8. The first-order valence-electron chi connectivity index (χ1n) is 33.7. The minimum absolute atomic E-state index is 0.0383. The van der Waals surface area contributed by atoms with E-state index in [2.05, 4.69) is 350 Å². The van der Waals surface area contributed by atoms with Gasteiger partial charge in [-0.2, -0.15) is 0 Å². The van der Waals surface area contributed by atoms with Crippen LogP contribution in [0.4, 0.5) is 34.1 Å². The van der Waals surface area contributed by atoms with Crippen LogP contribution in [0.2, 0.25) is 0 Å². The average molecular weight is 1240 g/mol. The zero-order valence-electron chi connectivity index (χ0n) is 55.3. The highest BCUT2D eigenvalue weighted by Crippen LogP contribution is 2.53. The van der Waals surface area contributed by atoms with Crippen molar-refractivity contribution in [3.8, 4) is 50.2 Å². The molecule has 4 heterocycles. The second-order valence-electron chi connectivity index (χ2n) is 29.7. The molecule has 0 aliphatic carbocycles. The van der Waals surface area contributed by atoms with E-state index >= 15 is 0 Å². The van der Waals surface area contributed by atoms with Crippen molar-refractivity contribution in [1.29, 1.82) is 0 Å². The average Bonchev–Trinajstić information content (AvgIpc) is 1.67. The summed E-state index contributed by atoms with van der Waals surface area (Å²) in [6, 6.07) is 105. The van der Waals surface area contributed by atoms with Crippen molar-refractivity contribution >= 4 is 132 Å². The van der Waals surface area contributed by atoms with Gasteiger partial charge in [0, 0.05) is 53.9 Å². The van der Waals surface area contributed by atoms with Crippen molar-refractivity contribution in [2.24, 2.45) is 0 Å². The van der Waals surface area contributed by atoms with Crippen LogP contribution in [0.5, 0.6) is 0 Å². The van der Waals surface area contributed by atoms with Crippen LogP contribution >= 0.6 is 11.3 Å². The monoisotopic (exact) mass is 1240 g/mol. The summed E-state index contributed by atoms with van der Waals surface area (Å²) in [6.45, 7) is 20.9. The molecule has 16 aromatic rings. The number of anilines is 6. The van der Waals surface area contributed by atoms with Crippen molar-refractivity contribution in [3.05, 3.63) is 290 Å². The Morgan fingerprint density at radius 1 is 0.316 bits per heavy atom. The van der Waals surface area contributed by atoms with Gasteiger partial charge in [-0.3, -0.25) is 0 Å². The Morgan fingerprint density at radius 3 is 1.42 bits per heavy atom. The molecule has 0 bridgehead atoms. The molecular weight excluding hydrogens is 1170 g/mol. The topological polar surface area (TPSA) is 11.4 Å². The third kappa shape index (κ3) is 9.14. The summed E-state index contributed by atoms with van der Waals surface area (Å²) in [5.74, 6) is 0. The van der Waals surface area contributed by atoms with Gasteiger partial charge in [0.05, 0.1) is 28.1 Å². The van der Waals surface area contributed by atoms with Crippen LogP contribution in [0, 0.1) is 0 Å². The number of para-hydroxylation sites is 2. The second kappa shape index (κ2) is 21.0. The van der Waals surface area contributed by atoms with Gasteiger partial charge in [0.25, 0.3) is 6.71 Å². The Balaban J connectivity index is 0.989. The van der Waals surface area contributed by atoms with Gasteiger partial charge in [0.15, 0.2) is 0 Å². The molecule has 0 saturated carbocycles. The van der Waals surface area contributed by atoms with Crippen molar-refractivity contribution in [2.45, 2.75) is 78.6 Å². The Bertz CT molecular complexity index is 5620. The van der Waals surface area contributed by atoms with E-state index in [-0.39, 0.29) is 23.0 Å². The normalized spacial score (nSPS) is 13.3. The highest BCUT2D eigenvalue weighted by molar-refractivity contribution is 7.33. The van der Waals surface area contributed by atoms with Gasteiger partial charge in [-0.1, -0.05) is 238 Å². The van der Waals surface area contributed by atoms with Gasteiger partial charge in [-0.15, -0.1) is 11.3 Å². The van der Waals surface area contributed by atoms with E-state index in [9.17, 15) is 0 Å². The van der Waals surface area contributed by atoms with Crippen LogP contribution in [0.15, 0.2) is 273 Å². The number of aromatic nitrogens is 1. The molecule has 0 radical (unpaired) electrons. The molecule has 2 aliphatic rings. The van der Waals surface area contributed by atoms with Gasteiger partial charge in [0.2, 0.25) is 0 Å². The molecule has 0 fully saturated rings. The summed E-state index contributed by atoms with van der Waals surface area (Å²) in [5.41, 5.74) is 26.2. The first-order chi connectivity index (χ1) is 46.0. The fourth-order valence-corrected chi connectivity index (χ4v) is 17.1. The largest absolute Gasteiger partial charge is 0.311 e. The van der Waals surface area contributed by atoms with E-state index in [0.717, 1.165) is 17.1 Å². The van der Waals surface area contributed by atoms with Gasteiger partial charge in [-0.25, -0.2) is 0 Å². The first-order valence-corrected chi connectivity index (χ1v) is 34.5. The van der Waals surface area contributed by atoms with Gasteiger partial charge in [-0.05, 0) is 212 Å². The minimum Gasteiger partial charge on any atom is -0.311 e. The number of fused-ring (bicyclic) bond motifs is 9. The fourth-order valence-electron chi connectivity index (χ4n) is 15.8. The number of rotatable bonds is 7. The summed E-state index contributed by atoms with van der Waals surface area (Å²) in [4.78, 5) is 5.36. The Kier molecular flexibility index (Phi) is 12.7. The minimum atomic E-state index is -0.157. The molecule has 0 saturated heterocycles. The number of hydrogen-bond donors (Lipinski definition) is 0. The summed E-state index contributed by atoms with van der Waals surface area (Å²) < 4.78 is 5.18. The van der Waals surface area contributed by atoms with Crippen LogP contribution in [0.25, 0.3) is 114 Å². The number of hydrogen-bond acceptors (Lipinski definition) is 3. The third-order valence-corrected chi connectivity index (χ3v) is 21.9. The van der Waals surface area contributed by atoms with Crippen LogP contribution in [0.3, 0.4) is 0 Å². The lowest BCUT2D eigenvalue weighted by Crippen LogP contribution is -2.60. The lowest BCUT2D eigenvalue weighted by atomic mass is 9.36. The standard InChI is InChI=1S/C90H72BN3S/c1-88(2,3)66-36-40-69(41-37-66)93-80-53-70(92-76-29-18-16-27-71(76)72-28-17-19-30-77(72)92)54-81-85(80)91(87-86(93)74-52-68(90(7,8)9)39-44-82(74)95-87)75-50-59(64-48-62(55-21-12-10-13-22-55)47-63(49-64)56-23-14-11-15-24-56)35-42-79(75)94(81)78-43-38-67(89(4,5)6)51-73(78)65-45-60-33-31-57-25-20-26-58-32-34-61(46-65)84(60)83(57)58/h10-54H,1-9H3. The lowest BCUT2D eigenvalue weighted by Gasteiger charge is -2.44. The molecule has 18 rings (SSSR count). The molecule has 14 aromatic carbocycles. The molecule has 0 N–H and O–H groups in total. The molecule has 3 nitrogen and oxygen atoms in total. The molecule has 2 aromatic heterocycles. The maximum absolute atomic E-state index is 2.68. The molecular formula is C90H72BN3S. The number of benzene rings is 14. The van der Waals surface area contributed by atoms with Gasteiger partial charge >= 0.3 is 0 Å². The van der Waals surface area contributed by atoms with Crippen LogP contribution in [-0.2, 0) is 16.2 Å². The molecule has 95 heavy (non-hydrogen) atoms. The van der Waals surface area contributed by atoms with Crippen LogP contribution < -0.4 is 25.5 Å². The van der Waals surface area contributed by atoms with E-state index in [1.807, 2.05) is 11.3 Å². The van der Waals surface area contributed by atoms with Crippen LogP contribution in [-0.4, -0.2) is 11.3 Å². The van der Waals surface area contributed by atoms with Crippen molar-refractivity contribution in [2.75, 3.05) is 9.80 Å². The number of nitrogens with zero attached hydrogens (tertiary/aromatic N) is 3. The Labute approximate surface area is 561 Å². The molecule has 456 valence electrons. The smallest absolute Gasteiger partial charge is 0.264 e. The predicted molar refractivity (Wildman–Crippen MR) is 412 cm³/mol. The summed E-state index contributed by atoms with van der Waals surface area (Å²) in [7, 11) is 0. The fraction of sp³-hybridized carbons (Fsp3) is 0.133. The Hall–Kier alpha value is -10.5. The van der Waals surface area contributed by atoms with Gasteiger partial charge < -0.3 is 14.4 Å². The highest BCUT2D eigenvalue weighted by atomic mass is 32.1. The Morgan fingerprint density at radius 2 is 0.821 bits per heavy atom. The summed E-state index contributed by atoms with van der Waals surface area (Å²) >= 11 is 1.97. The van der Waals surface area contributed by atoms with Crippen molar-refractivity contribution < 1.29 is 0 Å². The maximum atomic E-state index is 2.68.